The van der Waals surface area contributed by atoms with E-state index in [1.807, 2.05) is 0 Å². The van der Waals surface area contributed by atoms with Crippen LogP contribution in [-0.2, 0) is 4.79 Å². The topological polar surface area (TPSA) is 40.9 Å². The fourth-order valence-corrected chi connectivity index (χ4v) is 2.90. The number of hydrogen-bond acceptors (Lipinski definition) is 3. The maximum atomic E-state index is 13.8. The predicted molar refractivity (Wildman–Crippen MR) is 77.7 cm³/mol. The number of hydrogen-bond donors (Lipinski definition) is 0. The van der Waals surface area contributed by atoms with Crippen LogP contribution in [0.15, 0.2) is 22.9 Å². The third-order valence-corrected chi connectivity index (χ3v) is 4.03. The molecule has 1 aliphatic rings. The van der Waals surface area contributed by atoms with Gasteiger partial charge >= 0.3 is 12.1 Å². The molecule has 2 aromatic heterocycles. The molecular weight excluding hydrogens is 384 g/mol. The Balaban J connectivity index is 1.75. The lowest BCUT2D eigenvalue weighted by molar-refractivity contribution is -0.185. The van der Waals surface area contributed by atoms with Crippen molar-refractivity contribution in [2.75, 3.05) is 31.1 Å². The quantitative estimate of drug-likeness (QED) is 0.697. The Morgan fingerprint density at radius 2 is 1.83 bits per heavy atom. The summed E-state index contributed by atoms with van der Waals surface area (Å²) in [4.78, 5) is 17.8. The van der Waals surface area contributed by atoms with Crippen molar-refractivity contribution in [1.82, 2.24) is 14.3 Å². The lowest BCUT2D eigenvalue weighted by Crippen LogP contribution is -2.52. The molecule has 1 aliphatic heterocycles. The molecule has 3 rings (SSSR count). The van der Waals surface area contributed by atoms with Crippen molar-refractivity contribution in [3.05, 3.63) is 28.7 Å². The highest BCUT2D eigenvalue weighted by Gasteiger charge is 2.43. The number of aromatic nitrogens is 2. The molecule has 0 aliphatic carbocycles. The maximum Gasteiger partial charge on any atom is 0.471 e. The van der Waals surface area contributed by atoms with Crippen molar-refractivity contribution in [2.24, 2.45) is 0 Å². The maximum absolute atomic E-state index is 13.8. The average molecular weight is 395 g/mol. The fourth-order valence-electron chi connectivity index (χ4n) is 2.48. The summed E-state index contributed by atoms with van der Waals surface area (Å²) in [5.41, 5.74) is 0.136. The minimum Gasteiger partial charge on any atom is -0.352 e. The molecule has 0 spiro atoms. The van der Waals surface area contributed by atoms with Crippen molar-refractivity contribution < 1.29 is 22.4 Å². The number of carbonyl (C=O) groups excluding carboxylic acids is 1. The van der Waals surface area contributed by atoms with Crippen LogP contribution in [0.2, 0.25) is 0 Å². The van der Waals surface area contributed by atoms with E-state index in [9.17, 15) is 22.4 Å². The van der Waals surface area contributed by atoms with Crippen molar-refractivity contribution in [3.8, 4) is 0 Å². The van der Waals surface area contributed by atoms with Gasteiger partial charge in [0.05, 0.1) is 6.20 Å². The zero-order valence-corrected chi connectivity index (χ0v) is 13.2. The molecule has 2 aromatic rings. The summed E-state index contributed by atoms with van der Waals surface area (Å²) in [6, 6.07) is 1.28. The van der Waals surface area contributed by atoms with Gasteiger partial charge in [0.25, 0.3) is 0 Å². The number of piperazine rings is 1. The molecule has 0 unspecified atom stereocenters. The number of carbonyl (C=O) groups is 1. The van der Waals surface area contributed by atoms with Gasteiger partial charge in [-0.2, -0.15) is 13.2 Å². The minimum absolute atomic E-state index is 0.0572. The Hall–Kier alpha value is -1.84. The second-order valence-corrected chi connectivity index (χ2v) is 6.03. The molecule has 0 aromatic carbocycles. The Morgan fingerprint density at radius 3 is 2.43 bits per heavy atom. The molecule has 1 amide bonds. The van der Waals surface area contributed by atoms with Gasteiger partial charge in [0.1, 0.15) is 5.82 Å². The number of anilines is 1. The van der Waals surface area contributed by atoms with Crippen molar-refractivity contribution in [1.29, 1.82) is 0 Å². The molecule has 0 saturated carbocycles. The number of pyridine rings is 1. The molecule has 5 nitrogen and oxygen atoms in total. The number of alkyl halides is 3. The van der Waals surface area contributed by atoms with Gasteiger partial charge in [-0.15, -0.1) is 0 Å². The summed E-state index contributed by atoms with van der Waals surface area (Å²) in [7, 11) is 0. The van der Waals surface area contributed by atoms with E-state index in [0.29, 0.717) is 10.3 Å². The number of amides is 1. The zero-order valence-electron chi connectivity index (χ0n) is 11.6. The molecule has 1 saturated heterocycles. The minimum atomic E-state index is -4.86. The summed E-state index contributed by atoms with van der Waals surface area (Å²) in [6.07, 6.45) is -1.62. The Bertz CT molecular complexity index is 752. The van der Waals surface area contributed by atoms with Crippen LogP contribution in [0.4, 0.5) is 23.4 Å². The van der Waals surface area contributed by atoms with Gasteiger partial charge in [0.15, 0.2) is 11.5 Å². The van der Waals surface area contributed by atoms with Crippen LogP contribution in [0.25, 0.3) is 5.65 Å². The second-order valence-electron chi connectivity index (χ2n) is 5.11. The van der Waals surface area contributed by atoms with E-state index in [-0.39, 0.29) is 31.8 Å². The van der Waals surface area contributed by atoms with Gasteiger partial charge in [-0.25, -0.2) is 9.37 Å². The molecule has 0 N–H and O–H groups in total. The highest BCUT2D eigenvalue weighted by molar-refractivity contribution is 9.10. The van der Waals surface area contributed by atoms with Crippen LogP contribution in [0.3, 0.4) is 0 Å². The first-order valence-corrected chi connectivity index (χ1v) is 7.50. The van der Waals surface area contributed by atoms with Crippen LogP contribution >= 0.6 is 15.9 Å². The molecular formula is C13H11BrF4N4O. The van der Waals surface area contributed by atoms with Crippen LogP contribution in [0.1, 0.15) is 0 Å². The van der Waals surface area contributed by atoms with Gasteiger partial charge in [0, 0.05) is 36.8 Å². The highest BCUT2D eigenvalue weighted by atomic mass is 79.9. The van der Waals surface area contributed by atoms with E-state index in [2.05, 4.69) is 20.9 Å². The molecule has 1 fully saturated rings. The standard InChI is InChI=1S/C13H11BrF4N4O/c14-8-5-9(15)11-19-10(7-22(11)6-8)20-1-3-21(4-2-20)12(23)13(16,17)18/h5-7H,1-4H2. The van der Waals surface area contributed by atoms with E-state index in [1.165, 1.54) is 10.5 Å². The van der Waals surface area contributed by atoms with E-state index < -0.39 is 17.9 Å². The molecule has 124 valence electrons. The highest BCUT2D eigenvalue weighted by Crippen LogP contribution is 2.23. The average Bonchev–Trinajstić information content (AvgIpc) is 2.90. The molecule has 0 radical (unpaired) electrons. The van der Waals surface area contributed by atoms with Crippen molar-refractivity contribution in [3.63, 3.8) is 0 Å². The summed E-state index contributed by atoms with van der Waals surface area (Å²) in [5.74, 6) is -1.88. The number of imidazole rings is 1. The Labute approximate surface area is 136 Å². The first-order valence-electron chi connectivity index (χ1n) is 6.70. The van der Waals surface area contributed by atoms with E-state index in [0.717, 1.165) is 4.90 Å². The third kappa shape index (κ3) is 3.12. The summed E-state index contributed by atoms with van der Waals surface area (Å²) in [6.45, 7) is 0.291. The number of nitrogens with zero attached hydrogens (tertiary/aromatic N) is 4. The van der Waals surface area contributed by atoms with Crippen LogP contribution in [-0.4, -0.2) is 52.5 Å². The summed E-state index contributed by atoms with van der Waals surface area (Å²) < 4.78 is 53.1. The van der Waals surface area contributed by atoms with Gasteiger partial charge in [-0.1, -0.05) is 0 Å². The normalized spacial score (nSPS) is 16.2. The Kier molecular flexibility index (Phi) is 3.95. The van der Waals surface area contributed by atoms with Gasteiger partial charge < -0.3 is 14.2 Å². The van der Waals surface area contributed by atoms with Crippen molar-refractivity contribution >= 4 is 33.3 Å². The summed E-state index contributed by atoms with van der Waals surface area (Å²) >= 11 is 3.18. The van der Waals surface area contributed by atoms with Gasteiger partial charge in [-0.05, 0) is 22.0 Å². The number of halogens is 5. The summed E-state index contributed by atoms with van der Waals surface area (Å²) in [5, 5.41) is 0. The molecule has 0 atom stereocenters. The monoisotopic (exact) mass is 394 g/mol. The van der Waals surface area contributed by atoms with E-state index in [1.54, 1.807) is 17.3 Å². The SMILES string of the molecule is O=C(N1CCN(c2cn3cc(Br)cc(F)c3n2)CC1)C(F)(F)F. The molecule has 23 heavy (non-hydrogen) atoms. The number of fused-ring (bicyclic) bond motifs is 1. The Morgan fingerprint density at radius 1 is 1.17 bits per heavy atom. The largest absolute Gasteiger partial charge is 0.471 e. The molecule has 3 heterocycles. The predicted octanol–water partition coefficient (Wildman–Crippen LogP) is 2.45. The van der Waals surface area contributed by atoms with Gasteiger partial charge in [-0.3, -0.25) is 4.79 Å². The lowest BCUT2D eigenvalue weighted by Gasteiger charge is -2.35. The third-order valence-electron chi connectivity index (χ3n) is 3.59. The van der Waals surface area contributed by atoms with E-state index >= 15 is 0 Å². The van der Waals surface area contributed by atoms with Crippen LogP contribution in [0, 0.1) is 5.82 Å². The smallest absolute Gasteiger partial charge is 0.352 e. The van der Waals surface area contributed by atoms with Crippen molar-refractivity contribution in [2.45, 2.75) is 6.18 Å². The molecule has 10 heteroatoms. The zero-order chi connectivity index (χ0) is 16.8. The van der Waals surface area contributed by atoms with E-state index in [4.69, 9.17) is 0 Å². The van der Waals surface area contributed by atoms with Gasteiger partial charge in [0.2, 0.25) is 0 Å². The molecule has 0 bridgehead atoms. The van der Waals surface area contributed by atoms with Crippen LogP contribution < -0.4 is 4.90 Å². The van der Waals surface area contributed by atoms with Crippen LogP contribution in [0.5, 0.6) is 0 Å². The fraction of sp³-hybridized carbons (Fsp3) is 0.385. The first-order chi connectivity index (χ1) is 10.8. The lowest BCUT2D eigenvalue weighted by atomic mass is 10.3. The first kappa shape index (κ1) is 16.0. The second kappa shape index (κ2) is 5.66. The number of rotatable bonds is 1.